The highest BCUT2D eigenvalue weighted by Gasteiger charge is 2.43. The van der Waals surface area contributed by atoms with E-state index in [0.717, 1.165) is 17.2 Å². The summed E-state index contributed by atoms with van der Waals surface area (Å²) in [6.45, 7) is 2.93. The Morgan fingerprint density at radius 2 is 1.73 bits per heavy atom. The lowest BCUT2D eigenvalue weighted by Gasteiger charge is -2.43. The van der Waals surface area contributed by atoms with Crippen LogP contribution in [-0.2, 0) is 16.9 Å². The Morgan fingerprint density at radius 3 is 2.38 bits per heavy atom. The molecule has 1 aliphatic rings. The van der Waals surface area contributed by atoms with Crippen LogP contribution in [0.25, 0.3) is 11.1 Å². The summed E-state index contributed by atoms with van der Waals surface area (Å²) >= 11 is 0. The van der Waals surface area contributed by atoms with Gasteiger partial charge in [-0.3, -0.25) is 0 Å². The number of halogens is 3. The predicted molar refractivity (Wildman–Crippen MR) is 133 cm³/mol. The topological polar surface area (TPSA) is 47.4 Å². The van der Waals surface area contributed by atoms with Crippen molar-refractivity contribution in [2.24, 2.45) is 0 Å². The Hall–Kier alpha value is -4.07. The van der Waals surface area contributed by atoms with Gasteiger partial charge in [0.25, 0.3) is 0 Å². The zero-order valence-corrected chi connectivity index (χ0v) is 20.3. The van der Waals surface area contributed by atoms with Gasteiger partial charge in [-0.15, -0.1) is 0 Å². The van der Waals surface area contributed by atoms with Gasteiger partial charge in [-0.05, 0) is 47.9 Å². The molecule has 0 spiro atoms. The van der Waals surface area contributed by atoms with Crippen molar-refractivity contribution < 1.29 is 22.7 Å². The van der Waals surface area contributed by atoms with Crippen molar-refractivity contribution in [2.45, 2.75) is 38.0 Å². The van der Waals surface area contributed by atoms with Crippen molar-refractivity contribution in [3.63, 3.8) is 0 Å². The molecule has 2 heterocycles. The summed E-state index contributed by atoms with van der Waals surface area (Å²) < 4.78 is 49.1. The van der Waals surface area contributed by atoms with Gasteiger partial charge in [0.2, 0.25) is 0 Å². The molecule has 0 aliphatic carbocycles. The molecule has 0 bridgehead atoms. The molecule has 3 aromatic carbocycles. The van der Waals surface area contributed by atoms with Crippen molar-refractivity contribution in [3.05, 3.63) is 114 Å². The minimum absolute atomic E-state index is 0.292. The maximum atomic E-state index is 14.2. The van der Waals surface area contributed by atoms with E-state index in [1.807, 2.05) is 29.8 Å². The number of cyclic esters (lactones) is 1. The number of carbonyl (C=O) groups is 1. The van der Waals surface area contributed by atoms with Crippen LogP contribution in [0, 0.1) is 17.5 Å². The second-order valence-electron chi connectivity index (χ2n) is 9.29. The Morgan fingerprint density at radius 1 is 1.00 bits per heavy atom. The number of nitrogens with zero attached hydrogens (tertiary/aromatic N) is 3. The number of hydrogen-bond acceptors (Lipinski definition) is 3. The highest BCUT2D eigenvalue weighted by Crippen LogP contribution is 2.40. The second kappa shape index (κ2) is 10.1. The largest absolute Gasteiger partial charge is 0.438 e. The van der Waals surface area contributed by atoms with Gasteiger partial charge in [-0.2, -0.15) is 0 Å². The fraction of sp³-hybridized carbons (Fsp3) is 0.241. The number of benzene rings is 3. The molecule has 0 unspecified atom stereocenters. The first-order chi connectivity index (χ1) is 17.8. The summed E-state index contributed by atoms with van der Waals surface area (Å²) in [4.78, 5) is 19.0. The van der Waals surface area contributed by atoms with Gasteiger partial charge in [-0.1, -0.05) is 36.4 Å². The molecule has 8 heteroatoms. The molecule has 0 N–H and O–H groups in total. The first-order valence-corrected chi connectivity index (χ1v) is 12.1. The minimum Gasteiger partial charge on any atom is -0.438 e. The second-order valence-corrected chi connectivity index (χ2v) is 9.29. The monoisotopic (exact) mass is 505 g/mol. The van der Waals surface area contributed by atoms with E-state index in [9.17, 15) is 18.0 Å². The van der Waals surface area contributed by atoms with Gasteiger partial charge in [0, 0.05) is 50.0 Å². The molecule has 1 aliphatic heterocycles. The van der Waals surface area contributed by atoms with Crippen LogP contribution in [0.3, 0.4) is 0 Å². The molecule has 1 saturated heterocycles. The number of carbonyl (C=O) groups excluding carboxylic acids is 1. The fourth-order valence-electron chi connectivity index (χ4n) is 4.87. The maximum Gasteiger partial charge on any atom is 0.411 e. The van der Waals surface area contributed by atoms with E-state index >= 15 is 0 Å². The molecule has 1 aromatic heterocycles. The van der Waals surface area contributed by atoms with Crippen LogP contribution < -0.4 is 0 Å². The van der Waals surface area contributed by atoms with Crippen molar-refractivity contribution in [2.75, 3.05) is 6.54 Å². The van der Waals surface area contributed by atoms with E-state index < -0.39 is 23.3 Å². The van der Waals surface area contributed by atoms with Crippen LogP contribution in [0.4, 0.5) is 18.0 Å². The smallest absolute Gasteiger partial charge is 0.411 e. The van der Waals surface area contributed by atoms with Crippen molar-refractivity contribution in [1.29, 1.82) is 0 Å². The molecule has 2 atom stereocenters. The molecule has 5 nitrogen and oxygen atoms in total. The SMILES string of the molecule is C[C@@H](c1ccc(-c2ccc(F)cc2F)cc1)N1CC[C@](CCn2ccnc2)(c2ccc(F)cc2)OC1=O. The molecule has 37 heavy (non-hydrogen) atoms. The third-order valence-corrected chi connectivity index (χ3v) is 7.08. The number of amides is 1. The summed E-state index contributed by atoms with van der Waals surface area (Å²) in [6.07, 6.45) is 5.83. The Labute approximate surface area is 213 Å². The van der Waals surface area contributed by atoms with Gasteiger partial charge >= 0.3 is 6.09 Å². The summed E-state index contributed by atoms with van der Waals surface area (Å²) in [5.41, 5.74) is 1.63. The molecule has 0 radical (unpaired) electrons. The lowest BCUT2D eigenvalue weighted by molar-refractivity contribution is -0.0675. The molecule has 190 valence electrons. The van der Waals surface area contributed by atoms with Gasteiger partial charge in [0.15, 0.2) is 0 Å². The highest BCUT2D eigenvalue weighted by atomic mass is 19.1. The Bertz CT molecular complexity index is 1370. The molecular formula is C29H26F3N3O2. The summed E-state index contributed by atoms with van der Waals surface area (Å²) in [7, 11) is 0. The average molecular weight is 506 g/mol. The fourth-order valence-corrected chi connectivity index (χ4v) is 4.87. The van der Waals surface area contributed by atoms with Crippen LogP contribution in [-0.4, -0.2) is 27.1 Å². The molecule has 1 amide bonds. The zero-order valence-electron chi connectivity index (χ0n) is 20.3. The Balaban J connectivity index is 1.34. The standard InChI is InChI=1S/C29H26F3N3O2/c1-20(21-2-4-22(5-3-21)26-11-10-25(31)18-27(26)32)35-16-13-29(37-28(35)36,12-15-34-17-14-33-19-34)23-6-8-24(30)9-7-23/h2-11,14,17-20H,12-13,15-16H2,1H3/t20-,29+/m0/s1. The molecule has 0 saturated carbocycles. The summed E-state index contributed by atoms with van der Waals surface area (Å²) in [6, 6.07) is 16.5. The van der Waals surface area contributed by atoms with Crippen molar-refractivity contribution in [1.82, 2.24) is 14.5 Å². The number of aromatic nitrogens is 2. The van der Waals surface area contributed by atoms with Gasteiger partial charge < -0.3 is 14.2 Å². The van der Waals surface area contributed by atoms with Crippen LogP contribution in [0.1, 0.15) is 36.9 Å². The maximum absolute atomic E-state index is 14.2. The normalized spacial score (nSPS) is 18.5. The molecule has 1 fully saturated rings. The van der Waals surface area contributed by atoms with Crippen molar-refractivity contribution >= 4 is 6.09 Å². The zero-order chi connectivity index (χ0) is 26.0. The lowest BCUT2D eigenvalue weighted by Crippen LogP contribution is -2.49. The van der Waals surface area contributed by atoms with Gasteiger partial charge in [0.1, 0.15) is 23.1 Å². The third kappa shape index (κ3) is 5.09. The van der Waals surface area contributed by atoms with E-state index in [-0.39, 0.29) is 11.9 Å². The minimum atomic E-state index is -0.894. The van der Waals surface area contributed by atoms with E-state index in [0.29, 0.717) is 37.1 Å². The average Bonchev–Trinajstić information content (AvgIpc) is 3.42. The van der Waals surface area contributed by atoms with Crippen molar-refractivity contribution in [3.8, 4) is 11.1 Å². The number of ether oxygens (including phenoxy) is 1. The van der Waals surface area contributed by atoms with Gasteiger partial charge in [0.05, 0.1) is 12.4 Å². The van der Waals surface area contributed by atoms with E-state index in [2.05, 4.69) is 4.98 Å². The first kappa shape index (κ1) is 24.6. The highest BCUT2D eigenvalue weighted by molar-refractivity contribution is 5.70. The molecule has 5 rings (SSSR count). The van der Waals surface area contributed by atoms with E-state index in [1.165, 1.54) is 24.3 Å². The quantitative estimate of drug-likeness (QED) is 0.276. The predicted octanol–water partition coefficient (Wildman–Crippen LogP) is 6.86. The van der Waals surface area contributed by atoms with Crippen LogP contribution in [0.5, 0.6) is 0 Å². The van der Waals surface area contributed by atoms with Crippen LogP contribution in [0.15, 0.2) is 85.5 Å². The number of aryl methyl sites for hydroxylation is 1. The molecular weight excluding hydrogens is 479 g/mol. The summed E-state index contributed by atoms with van der Waals surface area (Å²) in [5.74, 6) is -1.61. The van der Waals surface area contributed by atoms with Crippen LogP contribution in [0.2, 0.25) is 0 Å². The third-order valence-electron chi connectivity index (χ3n) is 7.08. The van der Waals surface area contributed by atoms with E-state index in [4.69, 9.17) is 4.74 Å². The van der Waals surface area contributed by atoms with E-state index in [1.54, 1.807) is 41.7 Å². The molecule has 4 aromatic rings. The summed E-state index contributed by atoms with van der Waals surface area (Å²) in [5, 5.41) is 0. The van der Waals surface area contributed by atoms with Gasteiger partial charge in [-0.25, -0.2) is 22.9 Å². The van der Waals surface area contributed by atoms with Crippen LogP contribution >= 0.6 is 0 Å². The number of imidazole rings is 1. The number of rotatable bonds is 7. The Kier molecular flexibility index (Phi) is 6.74. The lowest BCUT2D eigenvalue weighted by atomic mass is 9.85. The number of hydrogen-bond donors (Lipinski definition) is 0. The first-order valence-electron chi connectivity index (χ1n) is 12.1.